The number of nitrogens with zero attached hydrogens (tertiary/aromatic N) is 1. The van der Waals surface area contributed by atoms with Crippen molar-refractivity contribution in [2.24, 2.45) is 0 Å². The standard InChI is InChI=1S/C19H11NO5/c21-14-8-9-3-1-2-4-13(9)20-16(14)15-17(22)11-6-5-10(19(24)25)7-12(11)18(15)23/h1-8,21,23H,(H,24,25)/p-1. The van der Waals surface area contributed by atoms with Crippen molar-refractivity contribution in [1.82, 2.24) is 4.98 Å². The molecule has 0 amide bonds. The smallest absolute Gasteiger partial charge is 0.335 e. The molecule has 2 N–H and O–H groups in total. The predicted molar refractivity (Wildman–Crippen MR) is 88.0 cm³/mol. The zero-order valence-electron chi connectivity index (χ0n) is 12.7. The van der Waals surface area contributed by atoms with Crippen LogP contribution in [-0.4, -0.2) is 26.9 Å². The Balaban J connectivity index is 1.95. The molecular formula is C19H10NO5-. The number of ketones is 1. The second-order valence-electron chi connectivity index (χ2n) is 5.65. The minimum atomic E-state index is -1.19. The molecule has 122 valence electrons. The lowest BCUT2D eigenvalue weighted by atomic mass is 10.0. The number of carboxylic acid groups (broad SMARTS) is 1. The Morgan fingerprint density at radius 1 is 1.04 bits per heavy atom. The van der Waals surface area contributed by atoms with E-state index in [0.717, 1.165) is 0 Å². The topological polar surface area (TPSA) is 111 Å². The first-order valence-corrected chi connectivity index (χ1v) is 7.40. The van der Waals surface area contributed by atoms with Crippen molar-refractivity contribution in [2.75, 3.05) is 0 Å². The van der Waals surface area contributed by atoms with Crippen LogP contribution < -0.4 is 5.11 Å². The van der Waals surface area contributed by atoms with Crippen molar-refractivity contribution in [2.45, 2.75) is 0 Å². The van der Waals surface area contributed by atoms with Crippen molar-refractivity contribution in [1.29, 1.82) is 0 Å². The first kappa shape index (κ1) is 14.9. The molecule has 1 aliphatic rings. The molecule has 6 heteroatoms. The molecule has 0 saturated carbocycles. The van der Waals surface area contributed by atoms with Crippen molar-refractivity contribution in [3.63, 3.8) is 0 Å². The maximum Gasteiger partial charge on any atom is 0.335 e. The average Bonchev–Trinajstić information content (AvgIpc) is 2.85. The van der Waals surface area contributed by atoms with E-state index in [0.29, 0.717) is 10.9 Å². The molecule has 0 spiro atoms. The van der Waals surface area contributed by atoms with Crippen LogP contribution in [-0.2, 0) is 0 Å². The molecule has 0 atom stereocenters. The Labute approximate surface area is 141 Å². The average molecular weight is 332 g/mol. The summed E-state index contributed by atoms with van der Waals surface area (Å²) in [4.78, 5) is 28.0. The highest BCUT2D eigenvalue weighted by Gasteiger charge is 2.29. The second-order valence-corrected chi connectivity index (χ2v) is 5.65. The molecule has 0 unspecified atom stereocenters. The van der Waals surface area contributed by atoms with Gasteiger partial charge in [-0.1, -0.05) is 24.0 Å². The van der Waals surface area contributed by atoms with Crippen LogP contribution >= 0.6 is 0 Å². The van der Waals surface area contributed by atoms with Gasteiger partial charge < -0.3 is 15.3 Å². The van der Waals surface area contributed by atoms with Gasteiger partial charge in [0.1, 0.15) is 11.4 Å². The van der Waals surface area contributed by atoms with Crippen LogP contribution in [0.25, 0.3) is 22.2 Å². The lowest BCUT2D eigenvalue weighted by Gasteiger charge is -2.13. The summed E-state index contributed by atoms with van der Waals surface area (Å²) in [5, 5.41) is 32.6. The highest BCUT2D eigenvalue weighted by atomic mass is 16.4. The van der Waals surface area contributed by atoms with Crippen molar-refractivity contribution in [3.8, 4) is 5.75 Å². The molecule has 0 bridgehead atoms. The molecule has 0 fully saturated rings. The lowest BCUT2D eigenvalue weighted by Crippen LogP contribution is -2.05. The molecule has 0 radical (unpaired) electrons. The van der Waals surface area contributed by atoms with E-state index < -0.39 is 17.5 Å². The number of hydrogen-bond donors (Lipinski definition) is 2. The van der Waals surface area contributed by atoms with Gasteiger partial charge in [-0.2, -0.15) is 0 Å². The molecule has 1 aliphatic carbocycles. The summed E-state index contributed by atoms with van der Waals surface area (Å²) >= 11 is 0. The van der Waals surface area contributed by atoms with E-state index in [9.17, 15) is 19.8 Å². The van der Waals surface area contributed by atoms with Crippen LogP contribution in [0.3, 0.4) is 0 Å². The quantitative estimate of drug-likeness (QED) is 0.743. The number of para-hydroxylation sites is 1. The van der Waals surface area contributed by atoms with Gasteiger partial charge in [0.05, 0.1) is 11.1 Å². The highest BCUT2D eigenvalue weighted by Crippen LogP contribution is 2.39. The van der Waals surface area contributed by atoms with E-state index in [-0.39, 0.29) is 33.7 Å². The Morgan fingerprint density at radius 3 is 2.56 bits per heavy atom. The van der Waals surface area contributed by atoms with Gasteiger partial charge in [0.15, 0.2) is 5.78 Å². The molecule has 6 nitrogen and oxygen atoms in total. The number of Topliss-reactive ketones (excluding diaryl/α,β-unsaturated/α-hetero) is 1. The molecular weight excluding hydrogens is 322 g/mol. The predicted octanol–water partition coefficient (Wildman–Crippen LogP) is 2.06. The fourth-order valence-corrected chi connectivity index (χ4v) is 2.94. The number of benzene rings is 2. The van der Waals surface area contributed by atoms with Gasteiger partial charge in [0, 0.05) is 16.5 Å². The van der Waals surface area contributed by atoms with Gasteiger partial charge in [-0.25, -0.2) is 9.78 Å². The first-order valence-electron chi connectivity index (χ1n) is 7.40. The fraction of sp³-hybridized carbons (Fsp3) is 0. The number of rotatable bonds is 2. The van der Waals surface area contributed by atoms with Gasteiger partial charge in [-0.05, 0) is 35.9 Å². The number of aromatic hydroxyl groups is 1. The minimum Gasteiger partial charge on any atom is -0.871 e. The van der Waals surface area contributed by atoms with E-state index in [2.05, 4.69) is 4.98 Å². The molecule has 1 heterocycles. The summed E-state index contributed by atoms with van der Waals surface area (Å²) in [5.41, 5.74) is 0.221. The molecule has 2 aromatic carbocycles. The van der Waals surface area contributed by atoms with E-state index in [1.807, 2.05) is 0 Å². The largest absolute Gasteiger partial charge is 0.871 e. The maximum absolute atomic E-state index is 12.7. The van der Waals surface area contributed by atoms with Crippen LogP contribution in [0.15, 0.2) is 48.5 Å². The van der Waals surface area contributed by atoms with Gasteiger partial charge >= 0.3 is 5.97 Å². The Morgan fingerprint density at radius 2 is 1.80 bits per heavy atom. The molecule has 0 aliphatic heterocycles. The van der Waals surface area contributed by atoms with E-state index in [1.54, 1.807) is 24.3 Å². The number of allylic oxidation sites excluding steroid dienone is 1. The molecule has 3 aromatic rings. The number of carbonyl (C=O) groups excluding carboxylic acids is 1. The maximum atomic E-state index is 12.7. The highest BCUT2D eigenvalue weighted by molar-refractivity contribution is 6.39. The van der Waals surface area contributed by atoms with Crippen molar-refractivity contribution < 1.29 is 24.9 Å². The molecule has 4 rings (SSSR count). The Kier molecular flexibility index (Phi) is 3.08. The van der Waals surface area contributed by atoms with Crippen LogP contribution in [0.5, 0.6) is 5.75 Å². The number of carbonyl (C=O) groups is 2. The molecule has 1 aromatic heterocycles. The molecule has 0 saturated heterocycles. The summed E-state index contributed by atoms with van der Waals surface area (Å²) < 4.78 is 0. The van der Waals surface area contributed by atoms with Crippen molar-refractivity contribution in [3.05, 3.63) is 70.9 Å². The fourth-order valence-electron chi connectivity index (χ4n) is 2.94. The lowest BCUT2D eigenvalue weighted by molar-refractivity contribution is -0.242. The summed E-state index contributed by atoms with van der Waals surface area (Å²) in [6, 6.07) is 12.2. The Bertz CT molecular complexity index is 1110. The second kappa shape index (κ2) is 5.17. The number of carboxylic acids is 1. The number of fused-ring (bicyclic) bond motifs is 2. The number of hydrogen-bond acceptors (Lipinski definition) is 5. The van der Waals surface area contributed by atoms with E-state index in [1.165, 1.54) is 24.3 Å². The third-order valence-electron chi connectivity index (χ3n) is 4.15. The van der Waals surface area contributed by atoms with Gasteiger partial charge in [-0.15, -0.1) is 0 Å². The third-order valence-corrected chi connectivity index (χ3v) is 4.15. The zero-order valence-corrected chi connectivity index (χ0v) is 12.7. The summed E-state index contributed by atoms with van der Waals surface area (Å²) in [6.45, 7) is 0. The summed E-state index contributed by atoms with van der Waals surface area (Å²) in [7, 11) is 0. The SMILES string of the molecule is O=C(O)c1ccc2c(c1)C([O-])=C(c1nc3ccccc3cc1O)C2=O. The van der Waals surface area contributed by atoms with Crippen LogP contribution in [0.1, 0.15) is 32.0 Å². The van der Waals surface area contributed by atoms with Gasteiger partial charge in [0.25, 0.3) is 0 Å². The Hall–Kier alpha value is -3.67. The molecule has 25 heavy (non-hydrogen) atoms. The van der Waals surface area contributed by atoms with Crippen molar-refractivity contribution >= 4 is 34.0 Å². The van der Waals surface area contributed by atoms with Crippen LogP contribution in [0, 0.1) is 0 Å². The summed E-state index contributed by atoms with van der Waals surface area (Å²) in [5.74, 6) is -2.68. The normalized spacial score (nSPS) is 13.4. The summed E-state index contributed by atoms with van der Waals surface area (Å²) in [6.07, 6.45) is 0. The minimum absolute atomic E-state index is 0.00857. The van der Waals surface area contributed by atoms with E-state index in [4.69, 9.17) is 5.11 Å². The van der Waals surface area contributed by atoms with Crippen LogP contribution in [0.2, 0.25) is 0 Å². The first-order chi connectivity index (χ1) is 12.0. The van der Waals surface area contributed by atoms with Crippen LogP contribution in [0.4, 0.5) is 0 Å². The van der Waals surface area contributed by atoms with Gasteiger partial charge in [-0.3, -0.25) is 4.79 Å². The number of aromatic nitrogens is 1. The number of pyridine rings is 1. The number of aromatic carboxylic acids is 1. The monoisotopic (exact) mass is 332 g/mol. The van der Waals surface area contributed by atoms with E-state index >= 15 is 0 Å². The zero-order chi connectivity index (χ0) is 17.7. The third kappa shape index (κ3) is 2.15. The van der Waals surface area contributed by atoms with Gasteiger partial charge in [0.2, 0.25) is 0 Å².